The van der Waals surface area contributed by atoms with E-state index >= 15 is 0 Å². The monoisotopic (exact) mass is 343 g/mol. The molecule has 1 N–H and O–H groups in total. The number of anilines is 1. The van der Waals surface area contributed by atoms with Gasteiger partial charge in [-0.15, -0.1) is 0 Å². The molecule has 0 radical (unpaired) electrons. The fraction of sp³-hybridized carbons (Fsp3) is 0.375. The van der Waals surface area contributed by atoms with Gasteiger partial charge in [-0.25, -0.2) is 18.0 Å². The SMILES string of the molecule is COc1cc(F)c(F)c(NC2=CC(C)C(C)C=C2F)c1[N+](=O)OC. The van der Waals surface area contributed by atoms with Gasteiger partial charge < -0.3 is 10.1 Å². The van der Waals surface area contributed by atoms with E-state index in [1.165, 1.54) is 13.2 Å². The second kappa shape index (κ2) is 6.94. The first kappa shape index (κ1) is 17.8. The molecule has 0 spiro atoms. The molecule has 1 aliphatic rings. The minimum absolute atomic E-state index is 0.0280. The Morgan fingerprint density at radius 1 is 1.12 bits per heavy atom. The number of nitrogens with zero attached hydrogens (tertiary/aromatic N) is 1. The van der Waals surface area contributed by atoms with E-state index in [2.05, 4.69) is 10.2 Å². The van der Waals surface area contributed by atoms with E-state index in [1.807, 2.05) is 13.8 Å². The summed E-state index contributed by atoms with van der Waals surface area (Å²) in [6, 6.07) is 0.714. The molecule has 1 aromatic rings. The van der Waals surface area contributed by atoms with Gasteiger partial charge in [0, 0.05) is 6.07 Å². The average Bonchev–Trinajstić information content (AvgIpc) is 2.55. The van der Waals surface area contributed by atoms with Gasteiger partial charge >= 0.3 is 5.69 Å². The Bertz CT molecular complexity index is 732. The minimum atomic E-state index is -1.34. The Kier molecular flexibility index (Phi) is 5.16. The van der Waals surface area contributed by atoms with Crippen molar-refractivity contribution in [2.75, 3.05) is 19.5 Å². The first-order valence-electron chi connectivity index (χ1n) is 7.24. The number of halogens is 3. The fourth-order valence-corrected chi connectivity index (χ4v) is 2.34. The van der Waals surface area contributed by atoms with Gasteiger partial charge in [-0.2, -0.15) is 0 Å². The Morgan fingerprint density at radius 3 is 2.33 bits per heavy atom. The van der Waals surface area contributed by atoms with E-state index in [0.29, 0.717) is 6.07 Å². The number of allylic oxidation sites excluding steroid dienone is 3. The van der Waals surface area contributed by atoms with Crippen molar-refractivity contribution in [2.45, 2.75) is 13.8 Å². The van der Waals surface area contributed by atoms with E-state index in [4.69, 9.17) is 4.74 Å². The lowest BCUT2D eigenvalue weighted by atomic mass is 9.90. The predicted octanol–water partition coefficient (Wildman–Crippen LogP) is 4.38. The second-order valence-corrected chi connectivity index (χ2v) is 5.48. The summed E-state index contributed by atoms with van der Waals surface area (Å²) >= 11 is 0. The minimum Gasteiger partial charge on any atom is -0.490 e. The van der Waals surface area contributed by atoms with Crippen LogP contribution in [0.4, 0.5) is 24.5 Å². The molecule has 8 heteroatoms. The van der Waals surface area contributed by atoms with E-state index in [1.54, 1.807) is 6.08 Å². The van der Waals surface area contributed by atoms with Crippen LogP contribution in [-0.2, 0) is 4.84 Å². The van der Waals surface area contributed by atoms with Crippen LogP contribution in [0.15, 0.2) is 29.7 Å². The van der Waals surface area contributed by atoms with Crippen LogP contribution in [0.5, 0.6) is 5.75 Å². The molecule has 0 fully saturated rings. The molecule has 0 aromatic heterocycles. The van der Waals surface area contributed by atoms with Crippen LogP contribution in [0.3, 0.4) is 0 Å². The molecular formula is C16H18F3N2O3+. The normalized spacial score (nSPS) is 20.1. The molecule has 1 aromatic carbocycles. The first-order valence-corrected chi connectivity index (χ1v) is 7.24. The van der Waals surface area contributed by atoms with Crippen LogP contribution >= 0.6 is 0 Å². The summed E-state index contributed by atoms with van der Waals surface area (Å²) in [5.74, 6) is -3.54. The molecule has 0 amide bonds. The molecule has 1 aliphatic carbocycles. The number of hydrogen-bond acceptors (Lipinski definition) is 4. The van der Waals surface area contributed by atoms with Gasteiger partial charge in [0.15, 0.2) is 24.4 Å². The summed E-state index contributed by atoms with van der Waals surface area (Å²) in [5.41, 5.74) is -1.06. The lowest BCUT2D eigenvalue weighted by Gasteiger charge is -2.21. The molecule has 130 valence electrons. The van der Waals surface area contributed by atoms with Crippen LogP contribution in [-0.4, -0.2) is 19.1 Å². The van der Waals surface area contributed by atoms with E-state index in [-0.39, 0.29) is 28.2 Å². The van der Waals surface area contributed by atoms with E-state index < -0.39 is 28.8 Å². The molecule has 0 saturated carbocycles. The Hall–Kier alpha value is -2.51. The Labute approximate surface area is 137 Å². The maximum atomic E-state index is 14.2. The third kappa shape index (κ3) is 3.22. The molecule has 2 unspecified atom stereocenters. The molecule has 0 aliphatic heterocycles. The van der Waals surface area contributed by atoms with Gasteiger partial charge in [-0.05, 0) is 17.9 Å². The third-order valence-electron chi connectivity index (χ3n) is 3.91. The summed E-state index contributed by atoms with van der Waals surface area (Å²) in [5, 5.41) is 2.45. The number of hydrogen-bond donors (Lipinski definition) is 1. The maximum Gasteiger partial charge on any atom is 0.384 e. The molecule has 0 saturated heterocycles. The van der Waals surface area contributed by atoms with Gasteiger partial charge in [0.05, 0.1) is 17.7 Å². The van der Waals surface area contributed by atoms with E-state index in [9.17, 15) is 18.1 Å². The zero-order valence-corrected chi connectivity index (χ0v) is 13.7. The highest BCUT2D eigenvalue weighted by Gasteiger charge is 2.34. The van der Waals surface area contributed by atoms with Crippen molar-refractivity contribution in [1.29, 1.82) is 0 Å². The quantitative estimate of drug-likeness (QED) is 0.806. The zero-order valence-electron chi connectivity index (χ0n) is 13.7. The standard InChI is InChI=1S/C16H18F3N2O3/c1-8-5-10(17)12(6-9(8)2)20-15-14(19)11(18)7-13(23-3)16(15)21(22)24-4/h5-9,20H,1-4H3/q+1. The van der Waals surface area contributed by atoms with Gasteiger partial charge in [-0.3, -0.25) is 0 Å². The highest BCUT2D eigenvalue weighted by Crippen LogP contribution is 2.41. The number of ether oxygens (including phenoxy) is 1. The van der Waals surface area contributed by atoms with Gasteiger partial charge in [-0.1, -0.05) is 19.9 Å². The molecular weight excluding hydrogens is 325 g/mol. The molecule has 24 heavy (non-hydrogen) atoms. The van der Waals surface area contributed by atoms with Crippen molar-refractivity contribution < 1.29 is 27.7 Å². The van der Waals surface area contributed by atoms with Gasteiger partial charge in [0.1, 0.15) is 5.83 Å². The van der Waals surface area contributed by atoms with Crippen molar-refractivity contribution in [1.82, 2.24) is 0 Å². The topological polar surface area (TPSA) is 50.6 Å². The second-order valence-electron chi connectivity index (χ2n) is 5.48. The molecule has 0 heterocycles. The summed E-state index contributed by atoms with van der Waals surface area (Å²) in [6.07, 6.45) is 2.91. The fourth-order valence-electron chi connectivity index (χ4n) is 2.34. The Morgan fingerprint density at radius 2 is 1.75 bits per heavy atom. The molecule has 2 atom stereocenters. The highest BCUT2D eigenvalue weighted by molar-refractivity contribution is 5.72. The predicted molar refractivity (Wildman–Crippen MR) is 82.4 cm³/mol. The van der Waals surface area contributed by atoms with Crippen LogP contribution in [0.2, 0.25) is 0 Å². The maximum absolute atomic E-state index is 14.2. The zero-order chi connectivity index (χ0) is 18.0. The number of nitrogens with one attached hydrogen (secondary N) is 1. The lowest BCUT2D eigenvalue weighted by molar-refractivity contribution is -0.736. The van der Waals surface area contributed by atoms with Crippen molar-refractivity contribution in [2.24, 2.45) is 11.8 Å². The first-order chi connectivity index (χ1) is 11.3. The number of methoxy groups -OCH3 is 1. The van der Waals surface area contributed by atoms with Crippen LogP contribution in [0, 0.1) is 28.4 Å². The molecule has 0 bridgehead atoms. The van der Waals surface area contributed by atoms with Crippen LogP contribution in [0.1, 0.15) is 13.8 Å². The van der Waals surface area contributed by atoms with Crippen molar-refractivity contribution >= 4 is 11.4 Å². The van der Waals surface area contributed by atoms with Gasteiger partial charge in [0.25, 0.3) is 4.92 Å². The number of benzene rings is 1. The van der Waals surface area contributed by atoms with Crippen molar-refractivity contribution in [3.8, 4) is 5.75 Å². The summed E-state index contributed by atoms with van der Waals surface area (Å²) in [6.45, 7) is 3.69. The van der Waals surface area contributed by atoms with Crippen molar-refractivity contribution in [3.63, 3.8) is 0 Å². The molecule has 2 rings (SSSR count). The van der Waals surface area contributed by atoms with Crippen LogP contribution < -0.4 is 10.1 Å². The molecule has 5 nitrogen and oxygen atoms in total. The largest absolute Gasteiger partial charge is 0.490 e. The summed E-state index contributed by atoms with van der Waals surface area (Å²) in [4.78, 5) is 16.3. The van der Waals surface area contributed by atoms with Crippen molar-refractivity contribution in [3.05, 3.63) is 46.3 Å². The number of rotatable bonds is 5. The summed E-state index contributed by atoms with van der Waals surface area (Å²) in [7, 11) is 2.25. The van der Waals surface area contributed by atoms with E-state index in [0.717, 1.165) is 7.11 Å². The van der Waals surface area contributed by atoms with Gasteiger partial charge in [0.2, 0.25) is 5.75 Å². The Balaban J connectivity index is 2.57. The summed E-state index contributed by atoms with van der Waals surface area (Å²) < 4.78 is 47.1. The highest BCUT2D eigenvalue weighted by atomic mass is 19.2. The van der Waals surface area contributed by atoms with Crippen LogP contribution in [0.25, 0.3) is 0 Å². The lowest BCUT2D eigenvalue weighted by Crippen LogP contribution is -2.16. The average molecular weight is 343 g/mol. The smallest absolute Gasteiger partial charge is 0.384 e. The third-order valence-corrected chi connectivity index (χ3v) is 3.91.